The van der Waals surface area contributed by atoms with Gasteiger partial charge in [0.05, 0.1) is 6.54 Å². The molecule has 0 radical (unpaired) electrons. The van der Waals surface area contributed by atoms with E-state index >= 15 is 0 Å². The molecule has 0 spiro atoms. The quantitative estimate of drug-likeness (QED) is 0.796. The molecule has 0 aromatic heterocycles. The Balaban J connectivity index is 1.68. The molecule has 0 aliphatic carbocycles. The molecular weight excluding hydrogens is 252 g/mol. The molecule has 1 aromatic carbocycles. The molecule has 1 aliphatic rings. The van der Waals surface area contributed by atoms with Gasteiger partial charge in [0, 0.05) is 19.6 Å². The van der Waals surface area contributed by atoms with E-state index in [9.17, 15) is 4.79 Å². The van der Waals surface area contributed by atoms with Gasteiger partial charge in [-0.15, -0.1) is 0 Å². The molecule has 0 atom stereocenters. The van der Waals surface area contributed by atoms with Gasteiger partial charge in [-0.2, -0.15) is 0 Å². The molecule has 4 heteroatoms. The van der Waals surface area contributed by atoms with Crippen molar-refractivity contribution in [2.24, 2.45) is 0 Å². The third-order valence-corrected chi connectivity index (χ3v) is 3.69. The number of ether oxygens (including phenoxy) is 1. The summed E-state index contributed by atoms with van der Waals surface area (Å²) < 4.78 is 5.75. The third kappa shape index (κ3) is 4.23. The van der Waals surface area contributed by atoms with Crippen molar-refractivity contribution in [2.75, 3.05) is 39.8 Å². The zero-order valence-electron chi connectivity index (χ0n) is 12.5. The summed E-state index contributed by atoms with van der Waals surface area (Å²) in [5, 5.41) is 0. The molecule has 4 nitrogen and oxygen atoms in total. The van der Waals surface area contributed by atoms with Crippen LogP contribution in [-0.4, -0.2) is 55.5 Å². The highest BCUT2D eigenvalue weighted by atomic mass is 16.5. The second kappa shape index (κ2) is 7.29. The summed E-state index contributed by atoms with van der Waals surface area (Å²) in [4.78, 5) is 16.0. The van der Waals surface area contributed by atoms with Crippen LogP contribution < -0.4 is 4.74 Å². The van der Waals surface area contributed by atoms with Crippen molar-refractivity contribution in [3.8, 4) is 5.75 Å². The van der Waals surface area contributed by atoms with Crippen LogP contribution >= 0.6 is 0 Å². The van der Waals surface area contributed by atoms with Crippen LogP contribution in [0.2, 0.25) is 0 Å². The first-order valence-electron chi connectivity index (χ1n) is 7.31. The van der Waals surface area contributed by atoms with E-state index in [2.05, 4.69) is 0 Å². The Morgan fingerprint density at radius 3 is 2.70 bits per heavy atom. The maximum atomic E-state index is 12.0. The smallest absolute Gasteiger partial charge is 0.236 e. The molecule has 2 rings (SSSR count). The summed E-state index contributed by atoms with van der Waals surface area (Å²) in [6, 6.07) is 7.99. The number of hydrogen-bond acceptors (Lipinski definition) is 3. The molecule has 1 fully saturated rings. The lowest BCUT2D eigenvalue weighted by Gasteiger charge is -2.21. The maximum absolute atomic E-state index is 12.0. The minimum Gasteiger partial charge on any atom is -0.492 e. The first-order chi connectivity index (χ1) is 9.66. The average Bonchev–Trinajstić information content (AvgIpc) is 2.95. The minimum atomic E-state index is 0.237. The number of rotatable bonds is 6. The number of likely N-dealkylation sites (N-methyl/N-ethyl adjacent to an activating group) is 1. The van der Waals surface area contributed by atoms with Crippen molar-refractivity contribution in [1.82, 2.24) is 9.80 Å². The second-order valence-corrected chi connectivity index (χ2v) is 5.44. The van der Waals surface area contributed by atoms with E-state index in [1.165, 1.54) is 0 Å². The van der Waals surface area contributed by atoms with Crippen molar-refractivity contribution < 1.29 is 9.53 Å². The number of benzene rings is 1. The summed E-state index contributed by atoms with van der Waals surface area (Å²) in [7, 11) is 1.97. The van der Waals surface area contributed by atoms with Gasteiger partial charge >= 0.3 is 0 Å². The Labute approximate surface area is 121 Å². The Bertz CT molecular complexity index is 442. The monoisotopic (exact) mass is 276 g/mol. The van der Waals surface area contributed by atoms with E-state index in [1.807, 2.05) is 48.0 Å². The van der Waals surface area contributed by atoms with Gasteiger partial charge in [-0.25, -0.2) is 0 Å². The Morgan fingerprint density at radius 1 is 1.30 bits per heavy atom. The molecule has 20 heavy (non-hydrogen) atoms. The highest BCUT2D eigenvalue weighted by molar-refractivity contribution is 5.78. The fourth-order valence-electron chi connectivity index (χ4n) is 2.41. The van der Waals surface area contributed by atoms with Gasteiger partial charge in [-0.3, -0.25) is 9.69 Å². The van der Waals surface area contributed by atoms with E-state index in [4.69, 9.17) is 4.74 Å². The highest BCUT2D eigenvalue weighted by Crippen LogP contribution is 2.15. The molecule has 0 saturated carbocycles. The van der Waals surface area contributed by atoms with Crippen LogP contribution in [0.5, 0.6) is 5.75 Å². The van der Waals surface area contributed by atoms with Gasteiger partial charge in [0.2, 0.25) is 5.91 Å². The number of likely N-dealkylation sites (tertiary alicyclic amines) is 1. The molecule has 0 N–H and O–H groups in total. The first kappa shape index (κ1) is 14.9. The van der Waals surface area contributed by atoms with Gasteiger partial charge in [0.25, 0.3) is 0 Å². The van der Waals surface area contributed by atoms with E-state index in [1.54, 1.807) is 0 Å². The lowest BCUT2D eigenvalue weighted by molar-refractivity contribution is -0.131. The van der Waals surface area contributed by atoms with Crippen LogP contribution in [0.3, 0.4) is 0 Å². The predicted octanol–water partition coefficient (Wildman–Crippen LogP) is 1.93. The van der Waals surface area contributed by atoms with Crippen LogP contribution in [0.4, 0.5) is 0 Å². The second-order valence-electron chi connectivity index (χ2n) is 5.44. The molecule has 1 saturated heterocycles. The molecule has 1 aromatic rings. The predicted molar refractivity (Wildman–Crippen MR) is 80.0 cm³/mol. The van der Waals surface area contributed by atoms with Gasteiger partial charge in [-0.05, 0) is 38.4 Å². The van der Waals surface area contributed by atoms with Crippen LogP contribution in [0.15, 0.2) is 24.3 Å². The Kier molecular flexibility index (Phi) is 5.41. The number of carbonyl (C=O) groups excluding carboxylic acids is 1. The number of para-hydroxylation sites is 1. The molecule has 1 amide bonds. The summed E-state index contributed by atoms with van der Waals surface area (Å²) in [6.07, 6.45) is 2.29. The Morgan fingerprint density at radius 2 is 2.00 bits per heavy atom. The summed E-state index contributed by atoms with van der Waals surface area (Å²) in [5.74, 6) is 1.16. The van der Waals surface area contributed by atoms with E-state index < -0.39 is 0 Å². The van der Waals surface area contributed by atoms with Gasteiger partial charge in [0.1, 0.15) is 12.4 Å². The number of aryl methyl sites for hydroxylation is 1. The molecular formula is C16H24N2O2. The maximum Gasteiger partial charge on any atom is 0.236 e. The van der Waals surface area contributed by atoms with Gasteiger partial charge in [0.15, 0.2) is 0 Å². The summed E-state index contributed by atoms with van der Waals surface area (Å²) >= 11 is 0. The van der Waals surface area contributed by atoms with Crippen molar-refractivity contribution in [1.29, 1.82) is 0 Å². The Hall–Kier alpha value is -1.55. The molecule has 0 bridgehead atoms. The van der Waals surface area contributed by atoms with E-state index in [0.717, 1.165) is 43.8 Å². The van der Waals surface area contributed by atoms with E-state index in [0.29, 0.717) is 13.2 Å². The minimum absolute atomic E-state index is 0.237. The number of amides is 1. The number of nitrogens with zero attached hydrogens (tertiary/aromatic N) is 2. The first-order valence-corrected chi connectivity index (χ1v) is 7.31. The standard InChI is InChI=1S/C16H24N2O2/c1-14-7-3-4-8-15(14)20-12-11-17(2)13-16(19)18-9-5-6-10-18/h3-4,7-8H,5-6,9-13H2,1-2H3. The number of carbonyl (C=O) groups is 1. The van der Waals surface area contributed by atoms with Gasteiger partial charge < -0.3 is 9.64 Å². The van der Waals surface area contributed by atoms with Crippen LogP contribution in [0.1, 0.15) is 18.4 Å². The molecule has 0 unspecified atom stereocenters. The lowest BCUT2D eigenvalue weighted by atomic mass is 10.2. The largest absolute Gasteiger partial charge is 0.492 e. The van der Waals surface area contributed by atoms with E-state index in [-0.39, 0.29) is 5.91 Å². The SMILES string of the molecule is Cc1ccccc1OCCN(C)CC(=O)N1CCCC1. The molecule has 1 aliphatic heterocycles. The van der Waals surface area contributed by atoms with Crippen molar-refractivity contribution in [3.05, 3.63) is 29.8 Å². The summed E-state index contributed by atoms with van der Waals surface area (Å²) in [6.45, 7) is 5.73. The zero-order valence-corrected chi connectivity index (χ0v) is 12.5. The fraction of sp³-hybridized carbons (Fsp3) is 0.562. The fourth-order valence-corrected chi connectivity index (χ4v) is 2.41. The average molecular weight is 276 g/mol. The van der Waals surface area contributed by atoms with Crippen molar-refractivity contribution in [3.63, 3.8) is 0 Å². The van der Waals surface area contributed by atoms with Gasteiger partial charge in [-0.1, -0.05) is 18.2 Å². The van der Waals surface area contributed by atoms with Crippen LogP contribution in [0, 0.1) is 6.92 Å². The van der Waals surface area contributed by atoms with Crippen molar-refractivity contribution >= 4 is 5.91 Å². The van der Waals surface area contributed by atoms with Crippen molar-refractivity contribution in [2.45, 2.75) is 19.8 Å². The zero-order chi connectivity index (χ0) is 14.4. The topological polar surface area (TPSA) is 32.8 Å². The third-order valence-electron chi connectivity index (χ3n) is 3.69. The normalized spacial score (nSPS) is 14.8. The summed E-state index contributed by atoms with van der Waals surface area (Å²) in [5.41, 5.74) is 1.14. The lowest BCUT2D eigenvalue weighted by Crippen LogP contribution is -2.38. The van der Waals surface area contributed by atoms with Crippen LogP contribution in [0.25, 0.3) is 0 Å². The number of hydrogen-bond donors (Lipinski definition) is 0. The van der Waals surface area contributed by atoms with Crippen LogP contribution in [-0.2, 0) is 4.79 Å². The highest BCUT2D eigenvalue weighted by Gasteiger charge is 2.18. The molecule has 110 valence electrons. The molecule has 1 heterocycles.